The van der Waals surface area contributed by atoms with Crippen LogP contribution in [0.15, 0.2) is 18.2 Å². The molecule has 0 radical (unpaired) electrons. The number of hydrogen-bond donors (Lipinski definition) is 0. The SMILES string of the molecule is COc1cc(OC)cc(C(=O)N2CCCC2C=O)c1. The topological polar surface area (TPSA) is 55.8 Å². The van der Waals surface area contributed by atoms with Crippen LogP contribution in [0.1, 0.15) is 23.2 Å². The Morgan fingerprint density at radius 2 is 1.89 bits per heavy atom. The van der Waals surface area contributed by atoms with Crippen molar-refractivity contribution in [2.24, 2.45) is 0 Å². The third-order valence-electron chi connectivity index (χ3n) is 3.32. The van der Waals surface area contributed by atoms with E-state index in [9.17, 15) is 9.59 Å². The summed E-state index contributed by atoms with van der Waals surface area (Å²) in [6, 6.07) is 4.71. The zero-order valence-corrected chi connectivity index (χ0v) is 11.1. The van der Waals surface area contributed by atoms with Crippen LogP contribution in [0.2, 0.25) is 0 Å². The lowest BCUT2D eigenvalue weighted by Crippen LogP contribution is -2.36. The maximum Gasteiger partial charge on any atom is 0.254 e. The number of methoxy groups -OCH3 is 2. The first-order valence-corrected chi connectivity index (χ1v) is 6.19. The van der Waals surface area contributed by atoms with Crippen LogP contribution in [0.4, 0.5) is 0 Å². The lowest BCUT2D eigenvalue weighted by atomic mass is 10.1. The molecule has 1 aliphatic heterocycles. The Bertz CT molecular complexity index is 464. The summed E-state index contributed by atoms with van der Waals surface area (Å²) >= 11 is 0. The summed E-state index contributed by atoms with van der Waals surface area (Å²) in [4.78, 5) is 25.0. The molecule has 1 atom stereocenters. The first kappa shape index (κ1) is 13.4. The van der Waals surface area contributed by atoms with E-state index in [-0.39, 0.29) is 11.9 Å². The molecule has 1 unspecified atom stereocenters. The standard InChI is InChI=1S/C14H17NO4/c1-18-12-6-10(7-13(8-12)19-2)14(17)15-5-3-4-11(15)9-16/h6-9,11H,3-5H2,1-2H3. The zero-order chi connectivity index (χ0) is 13.8. The number of benzene rings is 1. The Balaban J connectivity index is 2.30. The minimum atomic E-state index is -0.315. The van der Waals surface area contributed by atoms with E-state index in [1.807, 2.05) is 0 Å². The van der Waals surface area contributed by atoms with Gasteiger partial charge in [-0.1, -0.05) is 0 Å². The Morgan fingerprint density at radius 1 is 1.26 bits per heavy atom. The fourth-order valence-corrected chi connectivity index (χ4v) is 2.28. The number of nitrogens with zero attached hydrogens (tertiary/aromatic N) is 1. The van der Waals surface area contributed by atoms with Crippen molar-refractivity contribution in [3.63, 3.8) is 0 Å². The highest BCUT2D eigenvalue weighted by Crippen LogP contribution is 2.25. The molecule has 1 amide bonds. The maximum absolute atomic E-state index is 12.4. The van der Waals surface area contributed by atoms with Gasteiger partial charge in [0, 0.05) is 18.2 Å². The largest absolute Gasteiger partial charge is 0.497 e. The van der Waals surface area contributed by atoms with Gasteiger partial charge in [-0.25, -0.2) is 0 Å². The minimum absolute atomic E-state index is 0.160. The van der Waals surface area contributed by atoms with Gasteiger partial charge in [-0.2, -0.15) is 0 Å². The van der Waals surface area contributed by atoms with Gasteiger partial charge in [0.25, 0.3) is 5.91 Å². The van der Waals surface area contributed by atoms with Gasteiger partial charge in [-0.3, -0.25) is 4.79 Å². The highest BCUT2D eigenvalue weighted by atomic mass is 16.5. The molecule has 1 heterocycles. The average Bonchev–Trinajstić information content (AvgIpc) is 2.94. The quantitative estimate of drug-likeness (QED) is 0.773. The minimum Gasteiger partial charge on any atom is -0.497 e. The zero-order valence-electron chi connectivity index (χ0n) is 11.1. The van der Waals surface area contributed by atoms with Crippen molar-refractivity contribution >= 4 is 12.2 Å². The summed E-state index contributed by atoms with van der Waals surface area (Å²) in [6.45, 7) is 0.613. The van der Waals surface area contributed by atoms with Gasteiger partial charge in [-0.15, -0.1) is 0 Å². The van der Waals surface area contributed by atoms with Crippen molar-refractivity contribution in [2.45, 2.75) is 18.9 Å². The van der Waals surface area contributed by atoms with E-state index >= 15 is 0 Å². The highest BCUT2D eigenvalue weighted by molar-refractivity contribution is 5.96. The fraction of sp³-hybridized carbons (Fsp3) is 0.429. The monoisotopic (exact) mass is 263 g/mol. The van der Waals surface area contributed by atoms with Crippen LogP contribution < -0.4 is 9.47 Å². The van der Waals surface area contributed by atoms with Crippen LogP contribution >= 0.6 is 0 Å². The molecule has 1 fully saturated rings. The molecule has 1 saturated heterocycles. The summed E-state index contributed by atoms with van der Waals surface area (Å²) in [5.74, 6) is 0.959. The Hall–Kier alpha value is -2.04. The van der Waals surface area contributed by atoms with Crippen LogP contribution in [-0.2, 0) is 4.79 Å². The normalized spacial score (nSPS) is 18.2. The van der Waals surface area contributed by atoms with E-state index in [0.717, 1.165) is 19.1 Å². The van der Waals surface area contributed by atoms with E-state index in [0.29, 0.717) is 23.6 Å². The summed E-state index contributed by atoms with van der Waals surface area (Å²) in [5.41, 5.74) is 0.477. The molecule has 102 valence electrons. The molecule has 1 aliphatic rings. The van der Waals surface area contributed by atoms with E-state index in [2.05, 4.69) is 0 Å². The molecular weight excluding hydrogens is 246 g/mol. The van der Waals surface area contributed by atoms with Gasteiger partial charge in [0.1, 0.15) is 17.8 Å². The van der Waals surface area contributed by atoms with Crippen LogP contribution in [-0.4, -0.2) is 43.9 Å². The fourth-order valence-electron chi connectivity index (χ4n) is 2.28. The van der Waals surface area contributed by atoms with E-state index in [4.69, 9.17) is 9.47 Å². The van der Waals surface area contributed by atoms with Crippen LogP contribution in [0, 0.1) is 0 Å². The molecule has 2 rings (SSSR count). The molecular formula is C14H17NO4. The third-order valence-corrected chi connectivity index (χ3v) is 3.32. The summed E-state index contributed by atoms with van der Waals surface area (Å²) < 4.78 is 10.3. The Kier molecular flexibility index (Phi) is 4.04. The van der Waals surface area contributed by atoms with Gasteiger partial charge in [0.15, 0.2) is 0 Å². The van der Waals surface area contributed by atoms with Crippen LogP contribution in [0.25, 0.3) is 0 Å². The second-order valence-electron chi connectivity index (χ2n) is 4.45. The van der Waals surface area contributed by atoms with Crippen molar-refractivity contribution in [3.05, 3.63) is 23.8 Å². The number of carbonyl (C=O) groups is 2. The Labute approximate surface area is 112 Å². The van der Waals surface area contributed by atoms with Gasteiger partial charge >= 0.3 is 0 Å². The predicted molar refractivity (Wildman–Crippen MR) is 69.7 cm³/mol. The molecule has 1 aromatic carbocycles. The number of carbonyl (C=O) groups excluding carboxylic acids is 2. The van der Waals surface area contributed by atoms with Crippen molar-refractivity contribution < 1.29 is 19.1 Å². The maximum atomic E-state index is 12.4. The number of likely N-dealkylation sites (tertiary alicyclic amines) is 1. The van der Waals surface area contributed by atoms with Crippen molar-refractivity contribution in [3.8, 4) is 11.5 Å². The second kappa shape index (κ2) is 5.73. The van der Waals surface area contributed by atoms with Crippen LogP contribution in [0.3, 0.4) is 0 Å². The lowest BCUT2D eigenvalue weighted by Gasteiger charge is -2.21. The number of amides is 1. The van der Waals surface area contributed by atoms with E-state index in [1.54, 1.807) is 23.1 Å². The molecule has 5 heteroatoms. The smallest absolute Gasteiger partial charge is 0.254 e. The first-order chi connectivity index (χ1) is 9.19. The lowest BCUT2D eigenvalue weighted by molar-refractivity contribution is -0.111. The molecule has 0 bridgehead atoms. The third kappa shape index (κ3) is 2.70. The summed E-state index contributed by atoms with van der Waals surface area (Å²) in [6.07, 6.45) is 2.43. The van der Waals surface area contributed by atoms with E-state index in [1.165, 1.54) is 14.2 Å². The van der Waals surface area contributed by atoms with Crippen LogP contribution in [0.5, 0.6) is 11.5 Å². The molecule has 5 nitrogen and oxygen atoms in total. The number of rotatable bonds is 4. The summed E-state index contributed by atoms with van der Waals surface area (Å²) in [7, 11) is 3.07. The molecule has 0 saturated carbocycles. The molecule has 0 spiro atoms. The molecule has 1 aromatic rings. The molecule has 0 N–H and O–H groups in total. The van der Waals surface area contributed by atoms with Gasteiger partial charge < -0.3 is 19.2 Å². The van der Waals surface area contributed by atoms with Gasteiger partial charge in [0.05, 0.1) is 20.3 Å². The molecule has 0 aliphatic carbocycles. The van der Waals surface area contributed by atoms with Crippen molar-refractivity contribution in [1.29, 1.82) is 0 Å². The number of aldehydes is 1. The number of ether oxygens (including phenoxy) is 2. The molecule has 0 aromatic heterocycles. The summed E-state index contributed by atoms with van der Waals surface area (Å²) in [5, 5.41) is 0. The Morgan fingerprint density at radius 3 is 2.42 bits per heavy atom. The van der Waals surface area contributed by atoms with Gasteiger partial charge in [0.2, 0.25) is 0 Å². The highest BCUT2D eigenvalue weighted by Gasteiger charge is 2.29. The van der Waals surface area contributed by atoms with Crippen molar-refractivity contribution in [2.75, 3.05) is 20.8 Å². The second-order valence-corrected chi connectivity index (χ2v) is 4.45. The van der Waals surface area contributed by atoms with Gasteiger partial charge in [-0.05, 0) is 25.0 Å². The van der Waals surface area contributed by atoms with Crippen molar-refractivity contribution in [1.82, 2.24) is 4.90 Å². The number of hydrogen-bond acceptors (Lipinski definition) is 4. The predicted octanol–water partition coefficient (Wildman–Crippen LogP) is 1.51. The molecule has 19 heavy (non-hydrogen) atoms. The first-order valence-electron chi connectivity index (χ1n) is 6.19. The average molecular weight is 263 g/mol. The van der Waals surface area contributed by atoms with E-state index < -0.39 is 0 Å².